The van der Waals surface area contributed by atoms with E-state index in [1.165, 1.54) is 46.1 Å². The zero-order valence-electron chi connectivity index (χ0n) is 45.6. The van der Waals surface area contributed by atoms with Gasteiger partial charge in [0.2, 0.25) is 5.03 Å². The van der Waals surface area contributed by atoms with E-state index >= 15 is 0 Å². The molecule has 8 heterocycles. The Kier molecular flexibility index (Phi) is 15.4. The third-order valence-corrected chi connectivity index (χ3v) is 19.1. The summed E-state index contributed by atoms with van der Waals surface area (Å²) in [6, 6.07) is 14.2. The molecule has 2 saturated heterocycles. The molecule has 0 radical (unpaired) electrons. The number of fused-ring (bicyclic) bond motifs is 4. The number of carbonyl (C=O) groups is 2. The number of hydrogen-bond acceptors (Lipinski definition) is 14. The molecule has 4 aliphatic rings. The smallest absolute Gasteiger partial charge is 0.291 e. The average molecular weight is 1230 g/mol. The Morgan fingerprint density at radius 2 is 1.06 bits per heavy atom. The Hall–Kier alpha value is -8.48. The molecule has 2 fully saturated rings. The number of alkyl halides is 6. The van der Waals surface area contributed by atoms with Crippen LogP contribution in [0.2, 0.25) is 0 Å². The van der Waals surface area contributed by atoms with Gasteiger partial charge in [0.1, 0.15) is 23.0 Å². The minimum atomic E-state index is -4.71. The maximum absolute atomic E-state index is 14.3. The molecule has 20 nitrogen and oxygen atoms in total. The Morgan fingerprint density at radius 1 is 0.593 bits per heavy atom. The van der Waals surface area contributed by atoms with Crippen molar-refractivity contribution >= 4 is 43.8 Å². The van der Waals surface area contributed by atoms with Gasteiger partial charge in [-0.1, -0.05) is 30.2 Å². The first-order valence-electron chi connectivity index (χ1n) is 26.9. The number of hydrogen-bond donors (Lipinski definition) is 0. The highest BCUT2D eigenvalue weighted by Crippen LogP contribution is 2.49. The van der Waals surface area contributed by atoms with Crippen molar-refractivity contribution in [1.82, 2.24) is 68.1 Å². The van der Waals surface area contributed by atoms with Crippen LogP contribution in [0, 0.1) is 22.5 Å². The Balaban J connectivity index is 0.000000179. The maximum Gasteiger partial charge on any atom is 0.416 e. The van der Waals surface area contributed by atoms with Crippen molar-refractivity contribution in [2.75, 3.05) is 26.2 Å². The number of rotatable bonds is 14. The van der Waals surface area contributed by atoms with Crippen molar-refractivity contribution < 1.29 is 61.5 Å². The molecule has 2 atom stereocenters. The molecular formula is C56H50F8N14O6S2. The van der Waals surface area contributed by atoms with Gasteiger partial charge in [-0.25, -0.2) is 39.7 Å². The number of piperidine rings is 2. The minimum Gasteiger partial charge on any atom is -0.291 e. The topological polar surface area (TPSA) is 232 Å². The van der Waals surface area contributed by atoms with Gasteiger partial charge in [-0.3, -0.25) is 19.6 Å². The molecule has 448 valence electrons. The molecule has 2 aromatic carbocycles. The third kappa shape index (κ3) is 10.9. The van der Waals surface area contributed by atoms with E-state index in [4.69, 9.17) is 0 Å². The summed E-state index contributed by atoms with van der Waals surface area (Å²) in [5.74, 6) is -2.32. The van der Waals surface area contributed by atoms with Gasteiger partial charge < -0.3 is 0 Å². The number of carbonyl (C=O) groups excluding carboxylic acids is 2. The first kappa shape index (κ1) is 59.3. The third-order valence-electron chi connectivity index (χ3n) is 15.6. The summed E-state index contributed by atoms with van der Waals surface area (Å²) in [6.45, 7) is 3.79. The normalized spacial score (nSPS) is 19.0. The molecule has 30 heteroatoms. The lowest BCUT2D eigenvalue weighted by Gasteiger charge is -2.44. The van der Waals surface area contributed by atoms with Crippen LogP contribution in [-0.2, 0) is 58.3 Å². The van der Waals surface area contributed by atoms with Gasteiger partial charge in [-0.05, 0) is 135 Å². The molecule has 2 aliphatic heterocycles. The molecule has 0 amide bonds. The van der Waals surface area contributed by atoms with Crippen LogP contribution in [0.15, 0.2) is 131 Å². The van der Waals surface area contributed by atoms with Crippen LogP contribution in [0.4, 0.5) is 35.1 Å². The van der Waals surface area contributed by atoms with Gasteiger partial charge in [-0.15, -0.1) is 10.2 Å². The molecule has 0 spiro atoms. The fraction of sp³-hybridized carbons (Fsp3) is 0.321. The molecule has 0 unspecified atom stereocenters. The van der Waals surface area contributed by atoms with Crippen LogP contribution in [-0.4, -0.2) is 123 Å². The van der Waals surface area contributed by atoms with Crippen LogP contribution in [0.3, 0.4) is 0 Å². The highest BCUT2D eigenvalue weighted by molar-refractivity contribution is 7.89. The van der Waals surface area contributed by atoms with E-state index in [9.17, 15) is 61.5 Å². The first-order chi connectivity index (χ1) is 40.9. The van der Waals surface area contributed by atoms with Crippen molar-refractivity contribution in [3.05, 3.63) is 178 Å². The highest BCUT2D eigenvalue weighted by atomic mass is 32.2. The fourth-order valence-electron chi connectivity index (χ4n) is 11.4. The Labute approximate surface area is 485 Å². The molecule has 8 aromatic rings. The summed E-state index contributed by atoms with van der Waals surface area (Å²) < 4.78 is 170. The number of ketones is 2. The lowest BCUT2D eigenvalue weighted by Crippen LogP contribution is -2.53. The van der Waals surface area contributed by atoms with Crippen molar-refractivity contribution in [3.63, 3.8) is 0 Å². The number of benzene rings is 2. The van der Waals surface area contributed by atoms with Crippen molar-refractivity contribution in [2.24, 2.45) is 10.8 Å². The van der Waals surface area contributed by atoms with Gasteiger partial charge >= 0.3 is 12.4 Å². The number of nitrogens with zero attached hydrogens (tertiary/aromatic N) is 14. The molecule has 2 aliphatic carbocycles. The zero-order chi connectivity index (χ0) is 61.1. The number of Topliss-reactive ketones (excluding diaryl/α,β-unsaturated/α-hetero) is 2. The summed E-state index contributed by atoms with van der Waals surface area (Å²) in [5, 5.41) is 24.2. The van der Waals surface area contributed by atoms with E-state index in [-0.39, 0.29) is 61.9 Å². The Bertz CT molecular complexity index is 4240. The van der Waals surface area contributed by atoms with Gasteiger partial charge in [0.05, 0.1) is 76.1 Å². The van der Waals surface area contributed by atoms with Gasteiger partial charge in [0, 0.05) is 45.1 Å². The van der Waals surface area contributed by atoms with E-state index in [1.54, 1.807) is 45.8 Å². The van der Waals surface area contributed by atoms with Crippen molar-refractivity contribution in [3.8, 4) is 11.4 Å². The first-order valence-corrected chi connectivity index (χ1v) is 29.8. The molecule has 0 saturated carbocycles. The van der Waals surface area contributed by atoms with E-state index < -0.39 is 88.9 Å². The molecule has 0 N–H and O–H groups in total. The number of sulfonamides is 2. The summed E-state index contributed by atoms with van der Waals surface area (Å²) in [5.41, 5.74) is -1.48. The average Bonchev–Trinajstić information content (AvgIpc) is 1.21. The maximum atomic E-state index is 14.3. The van der Waals surface area contributed by atoms with E-state index in [0.717, 1.165) is 45.5 Å². The number of aryl methyl sites for hydroxylation is 2. The highest BCUT2D eigenvalue weighted by Gasteiger charge is 2.54. The summed E-state index contributed by atoms with van der Waals surface area (Å²) in [6.07, 6.45) is 2.63. The van der Waals surface area contributed by atoms with Crippen LogP contribution in [0.1, 0.15) is 94.1 Å². The monoisotopic (exact) mass is 1230 g/mol. The van der Waals surface area contributed by atoms with Crippen LogP contribution >= 0.6 is 0 Å². The van der Waals surface area contributed by atoms with Crippen molar-refractivity contribution in [2.45, 2.75) is 87.9 Å². The Morgan fingerprint density at radius 3 is 1.51 bits per heavy atom. The zero-order valence-corrected chi connectivity index (χ0v) is 47.2. The van der Waals surface area contributed by atoms with E-state index in [2.05, 4.69) is 40.7 Å². The minimum absolute atomic E-state index is 0.000126. The van der Waals surface area contributed by atoms with Crippen LogP contribution < -0.4 is 0 Å². The molecule has 86 heavy (non-hydrogen) atoms. The van der Waals surface area contributed by atoms with Crippen molar-refractivity contribution in [1.29, 1.82) is 0 Å². The second kappa shape index (κ2) is 22.4. The van der Waals surface area contributed by atoms with E-state index in [0.29, 0.717) is 83.1 Å². The second-order valence-electron chi connectivity index (χ2n) is 21.0. The predicted molar refractivity (Wildman–Crippen MR) is 290 cm³/mol. The molecule has 6 aromatic heterocycles. The van der Waals surface area contributed by atoms with Gasteiger partial charge in [0.25, 0.3) is 20.0 Å². The van der Waals surface area contributed by atoms with Gasteiger partial charge in [-0.2, -0.15) is 55.0 Å². The lowest BCUT2D eigenvalue weighted by molar-refractivity contribution is -0.138. The quantitative estimate of drug-likeness (QED) is 0.0733. The number of halogens is 8. The lowest BCUT2D eigenvalue weighted by atomic mass is 9.65. The fourth-order valence-corrected chi connectivity index (χ4v) is 14.3. The standard InChI is InChI=1S/2C28H25F4N7O3S/c1-2-10-38-25(16-34-36-38)43(41,42)37-11-8-19-13-24-18(15-35-39(24)22-5-3-21(29)4-6-22)14-27(19,17-37)26(40)23-12-20(7-9-33-23)28(30,31)32;1-2-10-38-34-16-25(36-38)43(41,42)37-11-8-19-13-24-18(15-35-39(24)22-5-3-21(29)4-6-22)14-27(19,17-37)26(40)23-12-20(7-9-33-23)28(30,31)32/h2*3-7,9,12-13,15-16H,2,8,10-11,14,17H2,1H3/t2*27-/m00/s1. The summed E-state index contributed by atoms with van der Waals surface area (Å²) in [7, 11) is -8.40. The predicted octanol–water partition coefficient (Wildman–Crippen LogP) is 8.66. The summed E-state index contributed by atoms with van der Waals surface area (Å²) >= 11 is 0. The number of pyridine rings is 2. The van der Waals surface area contributed by atoms with E-state index in [1.807, 2.05) is 13.8 Å². The second-order valence-corrected chi connectivity index (χ2v) is 24.8. The number of aromatic nitrogens is 12. The van der Waals surface area contributed by atoms with Crippen LogP contribution in [0.25, 0.3) is 23.5 Å². The van der Waals surface area contributed by atoms with Gasteiger partial charge in [0.15, 0.2) is 16.6 Å². The largest absolute Gasteiger partial charge is 0.416 e. The summed E-state index contributed by atoms with van der Waals surface area (Å²) in [4.78, 5) is 37.8. The van der Waals surface area contributed by atoms with Crippen LogP contribution in [0.5, 0.6) is 0 Å². The molecular weight excluding hydrogens is 1180 g/mol. The molecule has 12 rings (SSSR count). The molecule has 0 bridgehead atoms. The SMILES string of the molecule is CCCn1ncc(S(=O)(=O)N2CCC3=Cc4c(cnn4-c4ccc(F)cc4)C[C@]3(C(=O)c3cc(C(F)(F)F)ccn3)C2)n1.CCCn1nncc1S(=O)(=O)N1CCC2=Cc3c(cnn3-c3ccc(F)cc3)C[C@]2(C(=O)c2cc(C(F)(F)F)ccn2)C1.